The summed E-state index contributed by atoms with van der Waals surface area (Å²) in [6, 6.07) is -0.126. The molecule has 0 aliphatic heterocycles. The summed E-state index contributed by atoms with van der Waals surface area (Å²) >= 11 is 5.64. The molecule has 1 aromatic heterocycles. The van der Waals surface area contributed by atoms with E-state index in [1.165, 1.54) is 12.4 Å². The fourth-order valence-corrected chi connectivity index (χ4v) is 2.20. The number of amides is 1. The van der Waals surface area contributed by atoms with Gasteiger partial charge in [-0.1, -0.05) is 11.6 Å². The van der Waals surface area contributed by atoms with Crippen molar-refractivity contribution in [2.75, 3.05) is 0 Å². The van der Waals surface area contributed by atoms with Crippen LogP contribution in [0.1, 0.15) is 29.8 Å². The molecule has 1 saturated carbocycles. The Labute approximate surface area is 108 Å². The normalized spacial score (nSPS) is 22.7. The number of hydrogen-bond donors (Lipinski definition) is 2. The Balaban J connectivity index is 1.95. The molecule has 1 heterocycles. The number of carbonyl (C=O) groups is 2. The van der Waals surface area contributed by atoms with Crippen molar-refractivity contribution < 1.29 is 14.7 Å². The zero-order valence-electron chi connectivity index (χ0n) is 9.47. The molecule has 7 heteroatoms. The van der Waals surface area contributed by atoms with Crippen molar-refractivity contribution in [1.29, 1.82) is 0 Å². The van der Waals surface area contributed by atoms with Crippen LogP contribution in [-0.4, -0.2) is 33.0 Å². The third kappa shape index (κ3) is 2.95. The van der Waals surface area contributed by atoms with Crippen molar-refractivity contribution in [2.24, 2.45) is 5.92 Å². The first-order valence-corrected chi connectivity index (χ1v) is 5.95. The number of carbonyl (C=O) groups excluding carboxylic acids is 1. The molecular formula is C11H12ClN3O3. The van der Waals surface area contributed by atoms with Gasteiger partial charge in [0.2, 0.25) is 0 Å². The zero-order valence-corrected chi connectivity index (χ0v) is 10.2. The molecule has 0 unspecified atom stereocenters. The van der Waals surface area contributed by atoms with Gasteiger partial charge in [-0.2, -0.15) is 0 Å². The first-order chi connectivity index (χ1) is 8.56. The van der Waals surface area contributed by atoms with Gasteiger partial charge in [-0.05, 0) is 19.3 Å². The number of aliphatic carboxylic acids is 1. The summed E-state index contributed by atoms with van der Waals surface area (Å²) in [5.41, 5.74) is 0.140. The highest BCUT2D eigenvalue weighted by Gasteiger charge is 2.30. The van der Waals surface area contributed by atoms with Crippen LogP contribution in [0, 0.1) is 5.92 Å². The maximum absolute atomic E-state index is 11.8. The number of nitrogens with one attached hydrogen (secondary N) is 1. The van der Waals surface area contributed by atoms with Gasteiger partial charge in [-0.3, -0.25) is 14.6 Å². The molecule has 18 heavy (non-hydrogen) atoms. The minimum Gasteiger partial charge on any atom is -0.481 e. The smallest absolute Gasteiger partial charge is 0.306 e. The SMILES string of the molecule is O=C(N[C@H]1CC[C@@H](C(=O)O)C1)c1cncc(Cl)n1. The fraction of sp³-hybridized carbons (Fsp3) is 0.455. The number of rotatable bonds is 3. The first-order valence-electron chi connectivity index (χ1n) is 5.57. The van der Waals surface area contributed by atoms with Gasteiger partial charge in [0.25, 0.3) is 5.91 Å². The second-order valence-electron chi connectivity index (χ2n) is 4.25. The van der Waals surface area contributed by atoms with Crippen LogP contribution in [0.3, 0.4) is 0 Å². The molecule has 2 atom stereocenters. The Morgan fingerprint density at radius 2 is 2.17 bits per heavy atom. The van der Waals surface area contributed by atoms with Gasteiger partial charge in [0, 0.05) is 6.04 Å². The minimum absolute atomic E-state index is 0.126. The Hall–Kier alpha value is -1.69. The van der Waals surface area contributed by atoms with Gasteiger partial charge >= 0.3 is 5.97 Å². The second kappa shape index (κ2) is 5.30. The summed E-state index contributed by atoms with van der Waals surface area (Å²) in [5.74, 6) is -1.56. The Bertz CT molecular complexity index is 480. The third-order valence-corrected chi connectivity index (χ3v) is 3.14. The number of carboxylic acids is 1. The molecule has 1 fully saturated rings. The minimum atomic E-state index is -0.811. The molecule has 0 aromatic carbocycles. The number of hydrogen-bond acceptors (Lipinski definition) is 4. The highest BCUT2D eigenvalue weighted by Crippen LogP contribution is 2.25. The molecule has 1 amide bonds. The average molecular weight is 270 g/mol. The van der Waals surface area contributed by atoms with Crippen molar-refractivity contribution in [3.63, 3.8) is 0 Å². The molecule has 0 spiro atoms. The van der Waals surface area contributed by atoms with Gasteiger partial charge in [0.15, 0.2) is 0 Å². The molecule has 0 radical (unpaired) electrons. The lowest BCUT2D eigenvalue weighted by Crippen LogP contribution is -2.34. The van der Waals surface area contributed by atoms with Crippen LogP contribution in [0.25, 0.3) is 0 Å². The van der Waals surface area contributed by atoms with Gasteiger partial charge in [0.05, 0.1) is 18.3 Å². The zero-order chi connectivity index (χ0) is 13.1. The van der Waals surface area contributed by atoms with Gasteiger partial charge < -0.3 is 10.4 Å². The summed E-state index contributed by atoms with van der Waals surface area (Å²) in [6.45, 7) is 0. The number of aromatic nitrogens is 2. The predicted molar refractivity (Wildman–Crippen MR) is 63.3 cm³/mol. The Kier molecular flexibility index (Phi) is 3.76. The summed E-state index contributed by atoms with van der Waals surface area (Å²) in [5, 5.41) is 11.8. The van der Waals surface area contributed by atoms with Crippen LogP contribution in [-0.2, 0) is 4.79 Å². The molecular weight excluding hydrogens is 258 g/mol. The molecule has 1 aliphatic carbocycles. The van der Waals surface area contributed by atoms with Crippen LogP contribution in [0.2, 0.25) is 5.15 Å². The monoisotopic (exact) mass is 269 g/mol. The van der Waals surface area contributed by atoms with Crippen LogP contribution in [0.5, 0.6) is 0 Å². The maximum atomic E-state index is 11.8. The molecule has 2 rings (SSSR count). The summed E-state index contributed by atoms with van der Waals surface area (Å²) in [7, 11) is 0. The van der Waals surface area contributed by atoms with Crippen LogP contribution < -0.4 is 5.32 Å². The van der Waals surface area contributed by atoms with Crippen molar-refractivity contribution >= 4 is 23.5 Å². The lowest BCUT2D eigenvalue weighted by atomic mass is 10.1. The van der Waals surface area contributed by atoms with E-state index in [4.69, 9.17) is 16.7 Å². The van der Waals surface area contributed by atoms with E-state index < -0.39 is 5.97 Å². The number of nitrogens with zero attached hydrogens (tertiary/aromatic N) is 2. The Morgan fingerprint density at radius 3 is 2.78 bits per heavy atom. The first kappa shape index (κ1) is 12.8. The quantitative estimate of drug-likeness (QED) is 0.858. The van der Waals surface area contributed by atoms with Gasteiger partial charge in [-0.15, -0.1) is 0 Å². The summed E-state index contributed by atoms with van der Waals surface area (Å²) < 4.78 is 0. The fourth-order valence-electron chi connectivity index (χ4n) is 2.05. The standard InChI is InChI=1S/C11H12ClN3O3/c12-9-5-13-4-8(15-9)10(16)14-7-2-1-6(3-7)11(17)18/h4-7H,1-3H2,(H,14,16)(H,17,18)/t6-,7+/m1/s1. The molecule has 0 saturated heterocycles. The summed E-state index contributed by atoms with van der Waals surface area (Å²) in [6.07, 6.45) is 4.37. The molecule has 2 N–H and O–H groups in total. The van der Waals surface area contributed by atoms with E-state index in [0.717, 1.165) is 0 Å². The maximum Gasteiger partial charge on any atom is 0.306 e. The second-order valence-corrected chi connectivity index (χ2v) is 4.63. The van der Waals surface area contributed by atoms with Crippen molar-refractivity contribution in [1.82, 2.24) is 15.3 Å². The van der Waals surface area contributed by atoms with E-state index in [1.807, 2.05) is 0 Å². The lowest BCUT2D eigenvalue weighted by Gasteiger charge is -2.11. The summed E-state index contributed by atoms with van der Waals surface area (Å²) in [4.78, 5) is 30.2. The topological polar surface area (TPSA) is 92.2 Å². The predicted octanol–water partition coefficient (Wildman–Crippen LogP) is 1.11. The highest BCUT2D eigenvalue weighted by atomic mass is 35.5. The Morgan fingerprint density at radius 1 is 1.39 bits per heavy atom. The van der Waals surface area contributed by atoms with Crippen molar-refractivity contribution in [3.05, 3.63) is 23.2 Å². The molecule has 0 bridgehead atoms. The molecule has 6 nitrogen and oxygen atoms in total. The van der Waals surface area contributed by atoms with E-state index >= 15 is 0 Å². The van der Waals surface area contributed by atoms with Gasteiger partial charge in [0.1, 0.15) is 10.8 Å². The molecule has 96 valence electrons. The van der Waals surface area contributed by atoms with E-state index in [-0.39, 0.29) is 28.7 Å². The van der Waals surface area contributed by atoms with Crippen LogP contribution in [0.15, 0.2) is 12.4 Å². The van der Waals surface area contributed by atoms with E-state index in [1.54, 1.807) is 0 Å². The third-order valence-electron chi connectivity index (χ3n) is 2.95. The van der Waals surface area contributed by atoms with E-state index in [2.05, 4.69) is 15.3 Å². The van der Waals surface area contributed by atoms with Crippen molar-refractivity contribution in [2.45, 2.75) is 25.3 Å². The van der Waals surface area contributed by atoms with Gasteiger partial charge in [-0.25, -0.2) is 4.98 Å². The largest absolute Gasteiger partial charge is 0.481 e. The molecule has 1 aromatic rings. The molecule has 1 aliphatic rings. The van der Waals surface area contributed by atoms with Crippen LogP contribution in [0.4, 0.5) is 0 Å². The lowest BCUT2D eigenvalue weighted by molar-refractivity contribution is -0.141. The van der Waals surface area contributed by atoms with E-state index in [9.17, 15) is 9.59 Å². The average Bonchev–Trinajstić information content (AvgIpc) is 2.77. The van der Waals surface area contributed by atoms with E-state index in [0.29, 0.717) is 19.3 Å². The van der Waals surface area contributed by atoms with Crippen LogP contribution >= 0.6 is 11.6 Å². The number of halogens is 1. The highest BCUT2D eigenvalue weighted by molar-refractivity contribution is 6.29. The number of carboxylic acid groups (broad SMARTS) is 1. The van der Waals surface area contributed by atoms with Crippen molar-refractivity contribution in [3.8, 4) is 0 Å².